The number of hydrogen-bond donors (Lipinski definition) is 0. The van der Waals surface area contributed by atoms with Crippen LogP contribution in [0.15, 0.2) is 71.8 Å². The van der Waals surface area contributed by atoms with Gasteiger partial charge in [-0.15, -0.1) is 22.7 Å². The minimum absolute atomic E-state index is 0.139. The van der Waals surface area contributed by atoms with E-state index in [4.69, 9.17) is 0 Å². The number of halogens is 4. The first kappa shape index (κ1) is 29.8. The molecule has 0 aliphatic heterocycles. The van der Waals surface area contributed by atoms with Crippen molar-refractivity contribution in [2.75, 3.05) is 0 Å². The first-order valence-corrected chi connectivity index (χ1v) is 16.7. The molecule has 4 aromatic carbocycles. The molecule has 0 bridgehead atoms. The van der Waals surface area contributed by atoms with Crippen LogP contribution in [0.3, 0.4) is 0 Å². The molecular formula is C39H18F4O4S2. The minimum atomic E-state index is -1.19. The highest BCUT2D eigenvalue weighted by Gasteiger charge is 2.38. The number of thiophene rings is 2. The van der Waals surface area contributed by atoms with E-state index in [2.05, 4.69) is 38.1 Å². The number of Topliss-reactive ketones (excluding diaryl/α,β-unsaturated/α-hetero) is 4. The van der Waals surface area contributed by atoms with Crippen LogP contribution in [0.4, 0.5) is 17.6 Å². The second-order valence-corrected chi connectivity index (χ2v) is 15.1. The number of hydrogen-bond acceptors (Lipinski definition) is 6. The fourth-order valence-corrected chi connectivity index (χ4v) is 9.22. The third-order valence-electron chi connectivity index (χ3n) is 9.64. The van der Waals surface area contributed by atoms with Gasteiger partial charge >= 0.3 is 0 Å². The molecular weight excluding hydrogens is 673 g/mol. The Kier molecular flexibility index (Phi) is 6.00. The number of allylic oxidation sites excluding steroid dienone is 2. The van der Waals surface area contributed by atoms with Gasteiger partial charge < -0.3 is 0 Å². The van der Waals surface area contributed by atoms with E-state index in [1.165, 1.54) is 34.8 Å². The third kappa shape index (κ3) is 4.14. The van der Waals surface area contributed by atoms with E-state index < -0.39 is 51.8 Å². The van der Waals surface area contributed by atoms with Crippen LogP contribution in [0, 0.1) is 23.3 Å². The van der Waals surface area contributed by atoms with Crippen molar-refractivity contribution >= 4 is 78.1 Å². The highest BCUT2D eigenvalue weighted by molar-refractivity contribution is 7.20. The topological polar surface area (TPSA) is 68.3 Å². The van der Waals surface area contributed by atoms with Gasteiger partial charge in [0.2, 0.25) is 0 Å². The van der Waals surface area contributed by atoms with E-state index in [1.807, 2.05) is 12.1 Å². The zero-order chi connectivity index (χ0) is 34.3. The number of ketones is 4. The van der Waals surface area contributed by atoms with Gasteiger partial charge in [0.05, 0.1) is 11.1 Å². The van der Waals surface area contributed by atoms with Crippen LogP contribution in [0.5, 0.6) is 0 Å². The number of carbonyl (C=O) groups is 4. The lowest BCUT2D eigenvalue weighted by atomic mass is 9.82. The van der Waals surface area contributed by atoms with Crippen molar-refractivity contribution in [3.05, 3.63) is 138 Å². The molecule has 0 saturated carbocycles. The van der Waals surface area contributed by atoms with Gasteiger partial charge in [-0.3, -0.25) is 19.2 Å². The smallest absolute Gasteiger partial charge is 0.197 e. The summed E-state index contributed by atoms with van der Waals surface area (Å²) in [6.07, 6.45) is 2.96. The molecule has 2 aromatic heterocycles. The molecule has 0 saturated heterocycles. The summed E-state index contributed by atoms with van der Waals surface area (Å²) in [5.41, 5.74) is 2.97. The Hall–Kier alpha value is -5.32. The number of carbonyl (C=O) groups excluding carboxylic acids is 4. The average molecular weight is 691 g/mol. The summed E-state index contributed by atoms with van der Waals surface area (Å²) in [6, 6.07) is 15.2. The number of fused-ring (bicyclic) bond motifs is 7. The Labute approximate surface area is 282 Å². The van der Waals surface area contributed by atoms with Gasteiger partial charge in [-0.25, -0.2) is 17.6 Å². The summed E-state index contributed by atoms with van der Waals surface area (Å²) in [5.74, 6) is -7.31. The molecule has 0 atom stereocenters. The summed E-state index contributed by atoms with van der Waals surface area (Å²) in [6.45, 7) is 4.24. The molecule has 4 nitrogen and oxygen atoms in total. The standard InChI is InChI=1S/C39H18F4O4S2/c1-39(2)27-5-15-3-17(7-25-35(44)21-9-29(40)30(41)10-22(21)36(25)45)48-33(15)13-19(27)20-14-34-16(6-28(20)39)4-18(49-34)8-26-37(46)23-11-31(42)32(43)12-24(23)38(26)47/h3-14H,1-2H3. The van der Waals surface area contributed by atoms with E-state index in [9.17, 15) is 36.7 Å². The molecule has 2 heterocycles. The molecule has 0 fully saturated rings. The lowest BCUT2D eigenvalue weighted by Crippen LogP contribution is -2.14. The molecule has 0 unspecified atom stereocenters. The molecule has 49 heavy (non-hydrogen) atoms. The monoisotopic (exact) mass is 690 g/mol. The molecule has 10 heteroatoms. The van der Waals surface area contributed by atoms with Gasteiger partial charge in [-0.05, 0) is 106 Å². The van der Waals surface area contributed by atoms with Gasteiger partial charge in [0.15, 0.2) is 46.4 Å². The lowest BCUT2D eigenvalue weighted by Gasteiger charge is -2.21. The summed E-state index contributed by atoms with van der Waals surface area (Å²) in [7, 11) is 0. The van der Waals surface area contributed by atoms with Crippen molar-refractivity contribution in [1.82, 2.24) is 0 Å². The Morgan fingerprint density at radius 2 is 0.796 bits per heavy atom. The van der Waals surface area contributed by atoms with Crippen LogP contribution in [-0.4, -0.2) is 23.1 Å². The molecule has 0 amide bonds. The van der Waals surface area contributed by atoms with Crippen molar-refractivity contribution in [3.8, 4) is 11.1 Å². The van der Waals surface area contributed by atoms with Crippen LogP contribution in [0.1, 0.15) is 76.2 Å². The molecule has 3 aliphatic rings. The quantitative estimate of drug-likeness (QED) is 0.103. The van der Waals surface area contributed by atoms with E-state index in [0.717, 1.165) is 66.7 Å². The predicted octanol–water partition coefficient (Wildman–Crippen LogP) is 9.90. The summed E-state index contributed by atoms with van der Waals surface area (Å²) in [4.78, 5) is 53.1. The molecule has 0 N–H and O–H groups in total. The predicted molar refractivity (Wildman–Crippen MR) is 181 cm³/mol. The fraction of sp³-hybridized carbons (Fsp3) is 0.0769. The molecule has 6 aromatic rings. The van der Waals surface area contributed by atoms with Crippen LogP contribution < -0.4 is 0 Å². The second-order valence-electron chi connectivity index (χ2n) is 12.9. The molecule has 0 radical (unpaired) electrons. The van der Waals surface area contributed by atoms with Crippen molar-refractivity contribution in [2.45, 2.75) is 19.3 Å². The second kappa shape index (κ2) is 9.87. The van der Waals surface area contributed by atoms with Crippen molar-refractivity contribution in [1.29, 1.82) is 0 Å². The average Bonchev–Trinajstić information content (AvgIpc) is 3.81. The largest absolute Gasteiger partial charge is 0.288 e. The zero-order valence-corrected chi connectivity index (χ0v) is 27.0. The van der Waals surface area contributed by atoms with Gasteiger partial charge in [-0.1, -0.05) is 13.8 Å². The van der Waals surface area contributed by atoms with Crippen LogP contribution >= 0.6 is 22.7 Å². The Morgan fingerprint density at radius 3 is 1.12 bits per heavy atom. The maximum atomic E-state index is 13.8. The van der Waals surface area contributed by atoms with Gasteiger partial charge in [0, 0.05) is 46.8 Å². The normalized spacial score (nSPS) is 15.8. The van der Waals surface area contributed by atoms with Crippen LogP contribution in [0.25, 0.3) is 43.5 Å². The molecule has 9 rings (SSSR count). The Morgan fingerprint density at radius 1 is 0.469 bits per heavy atom. The van der Waals surface area contributed by atoms with E-state index >= 15 is 0 Å². The Balaban J connectivity index is 1.09. The van der Waals surface area contributed by atoms with E-state index in [-0.39, 0.29) is 33.4 Å². The summed E-state index contributed by atoms with van der Waals surface area (Å²) < 4.78 is 57.1. The fourth-order valence-electron chi connectivity index (χ4n) is 7.16. The number of rotatable bonds is 2. The lowest BCUT2D eigenvalue weighted by molar-refractivity contribution is 0.0975. The molecule has 0 spiro atoms. The SMILES string of the molecule is CC1(C)c2cc3cc(C=C4C(=O)c5cc(F)c(F)cc5C4=O)sc3cc2-c2cc3sc(C=C4C(=O)c5cc(F)c(F)cc5C4=O)cc3cc21. The minimum Gasteiger partial charge on any atom is -0.288 e. The van der Waals surface area contributed by atoms with Crippen LogP contribution in [0.2, 0.25) is 0 Å². The van der Waals surface area contributed by atoms with Gasteiger partial charge in [0.25, 0.3) is 0 Å². The van der Waals surface area contributed by atoms with E-state index in [0.29, 0.717) is 9.75 Å². The number of benzene rings is 4. The maximum Gasteiger partial charge on any atom is 0.197 e. The zero-order valence-electron chi connectivity index (χ0n) is 25.4. The van der Waals surface area contributed by atoms with Gasteiger partial charge in [0.1, 0.15) is 0 Å². The van der Waals surface area contributed by atoms with Crippen LogP contribution in [-0.2, 0) is 5.41 Å². The van der Waals surface area contributed by atoms with Crippen molar-refractivity contribution in [3.63, 3.8) is 0 Å². The molecule has 3 aliphatic carbocycles. The highest BCUT2D eigenvalue weighted by Crippen LogP contribution is 2.52. The van der Waals surface area contributed by atoms with Crippen molar-refractivity contribution < 1.29 is 36.7 Å². The first-order chi connectivity index (χ1) is 23.3. The molecule has 238 valence electrons. The summed E-state index contributed by atoms with van der Waals surface area (Å²) in [5, 5.41) is 1.85. The maximum absolute atomic E-state index is 13.8. The highest BCUT2D eigenvalue weighted by atomic mass is 32.1. The van der Waals surface area contributed by atoms with E-state index in [1.54, 1.807) is 0 Å². The van der Waals surface area contributed by atoms with Crippen molar-refractivity contribution in [2.24, 2.45) is 0 Å². The third-order valence-corrected chi connectivity index (χ3v) is 11.7. The summed E-state index contributed by atoms with van der Waals surface area (Å²) >= 11 is 2.78. The van der Waals surface area contributed by atoms with Gasteiger partial charge in [-0.2, -0.15) is 0 Å². The first-order valence-electron chi connectivity index (χ1n) is 15.1. The Bertz CT molecular complexity index is 2440.